The minimum absolute atomic E-state index is 0.0379. The fourth-order valence-electron chi connectivity index (χ4n) is 3.29. The molecule has 2 aromatic heterocycles. The van der Waals surface area contributed by atoms with Crippen molar-refractivity contribution in [1.82, 2.24) is 25.2 Å². The smallest absolute Gasteiger partial charge is 0.204 e. The van der Waals surface area contributed by atoms with Gasteiger partial charge in [-0.3, -0.25) is 4.79 Å². The molecule has 0 unspecified atom stereocenters. The van der Waals surface area contributed by atoms with E-state index in [1.807, 2.05) is 43.3 Å². The summed E-state index contributed by atoms with van der Waals surface area (Å²) in [6.07, 6.45) is 0. The number of benzene rings is 2. The number of rotatable bonds is 5. The zero-order valence-corrected chi connectivity index (χ0v) is 15.6. The van der Waals surface area contributed by atoms with E-state index in [-0.39, 0.29) is 12.3 Å². The van der Waals surface area contributed by atoms with Crippen LogP contribution in [0.15, 0.2) is 48.5 Å². The van der Waals surface area contributed by atoms with Crippen LogP contribution in [-0.4, -0.2) is 31.0 Å². The van der Waals surface area contributed by atoms with Gasteiger partial charge in [-0.05, 0) is 29.7 Å². The normalized spacial score (nSPS) is 11.4. The van der Waals surface area contributed by atoms with Gasteiger partial charge >= 0.3 is 0 Å². The summed E-state index contributed by atoms with van der Waals surface area (Å²) in [6, 6.07) is 15.9. The largest absolute Gasteiger partial charge is 0.358 e. The summed E-state index contributed by atoms with van der Waals surface area (Å²) in [5.74, 6) is 0.956. The third-order valence-electron chi connectivity index (χ3n) is 4.75. The third kappa shape index (κ3) is 3.26. The second-order valence-corrected chi connectivity index (χ2v) is 7.01. The zero-order chi connectivity index (χ0) is 19.0. The number of para-hydroxylation sites is 1. The molecule has 0 radical (unpaired) electrons. The first-order valence-electron chi connectivity index (χ1n) is 9.01. The molecule has 0 aliphatic carbocycles. The van der Waals surface area contributed by atoms with Gasteiger partial charge in [0.15, 0.2) is 5.78 Å². The van der Waals surface area contributed by atoms with Crippen molar-refractivity contribution >= 4 is 16.7 Å². The molecule has 4 aromatic rings. The number of carbonyl (C=O) groups is 1. The number of tetrazole rings is 1. The van der Waals surface area contributed by atoms with Crippen molar-refractivity contribution in [2.24, 2.45) is 0 Å². The molecule has 4 rings (SSSR count). The lowest BCUT2D eigenvalue weighted by molar-refractivity contribution is 0.0962. The summed E-state index contributed by atoms with van der Waals surface area (Å²) in [5, 5.41) is 13.5. The molecular formula is C21H21N5O. The Labute approximate surface area is 157 Å². The maximum absolute atomic E-state index is 12.8. The molecule has 0 fully saturated rings. The van der Waals surface area contributed by atoms with Crippen LogP contribution in [0.2, 0.25) is 0 Å². The summed E-state index contributed by atoms with van der Waals surface area (Å²) >= 11 is 0. The highest BCUT2D eigenvalue weighted by atomic mass is 16.1. The average Bonchev–Trinajstić information content (AvgIpc) is 3.25. The fraction of sp³-hybridized carbons (Fsp3) is 0.238. The number of H-pyrrole nitrogens is 1. The van der Waals surface area contributed by atoms with Gasteiger partial charge in [0, 0.05) is 27.7 Å². The molecule has 27 heavy (non-hydrogen) atoms. The molecule has 2 heterocycles. The summed E-state index contributed by atoms with van der Waals surface area (Å²) in [7, 11) is 0. The van der Waals surface area contributed by atoms with E-state index < -0.39 is 0 Å². The third-order valence-corrected chi connectivity index (χ3v) is 4.75. The molecule has 0 aliphatic rings. The van der Waals surface area contributed by atoms with E-state index in [1.165, 1.54) is 10.4 Å². The van der Waals surface area contributed by atoms with Crippen molar-refractivity contribution in [3.63, 3.8) is 0 Å². The van der Waals surface area contributed by atoms with Crippen LogP contribution in [0.4, 0.5) is 0 Å². The lowest BCUT2D eigenvalue weighted by atomic mass is 10.0. The predicted molar refractivity (Wildman–Crippen MR) is 105 cm³/mol. The number of hydrogen-bond donors (Lipinski definition) is 1. The van der Waals surface area contributed by atoms with Gasteiger partial charge in [-0.25, -0.2) is 0 Å². The number of Topliss-reactive ketones (excluding diaryl/α,β-unsaturated/α-hetero) is 1. The number of carbonyl (C=O) groups excluding carboxylic acids is 1. The molecule has 6 nitrogen and oxygen atoms in total. The Bertz CT molecular complexity index is 1110. The summed E-state index contributed by atoms with van der Waals surface area (Å²) in [4.78, 5) is 17.4. The van der Waals surface area contributed by atoms with Crippen LogP contribution < -0.4 is 0 Å². The molecule has 0 saturated heterocycles. The SMILES string of the molecule is Cc1[nH]c2ccccc2c1C(=O)Cn1nnc(-c2ccc(C(C)C)cc2)n1. The van der Waals surface area contributed by atoms with Crippen LogP contribution >= 0.6 is 0 Å². The maximum Gasteiger partial charge on any atom is 0.204 e. The van der Waals surface area contributed by atoms with Crippen LogP contribution in [0.1, 0.15) is 41.4 Å². The van der Waals surface area contributed by atoms with E-state index in [9.17, 15) is 4.79 Å². The summed E-state index contributed by atoms with van der Waals surface area (Å²) in [6.45, 7) is 6.27. The van der Waals surface area contributed by atoms with Gasteiger partial charge in [0.1, 0.15) is 6.54 Å². The van der Waals surface area contributed by atoms with Gasteiger partial charge in [0.05, 0.1) is 0 Å². The highest BCUT2D eigenvalue weighted by Crippen LogP contribution is 2.23. The Kier molecular flexibility index (Phi) is 4.32. The van der Waals surface area contributed by atoms with Crippen molar-refractivity contribution in [3.8, 4) is 11.4 Å². The standard InChI is InChI=1S/C21H21N5O/c1-13(2)15-8-10-16(11-9-15)21-23-25-26(24-21)12-19(27)20-14(3)22-18-7-5-4-6-17(18)20/h4-11,13,22H,12H2,1-3H3. The van der Waals surface area contributed by atoms with E-state index >= 15 is 0 Å². The van der Waals surface area contributed by atoms with Crippen molar-refractivity contribution < 1.29 is 4.79 Å². The minimum atomic E-state index is -0.0379. The van der Waals surface area contributed by atoms with Crippen LogP contribution in [0.3, 0.4) is 0 Å². The molecule has 136 valence electrons. The van der Waals surface area contributed by atoms with Gasteiger partial charge in [-0.2, -0.15) is 4.80 Å². The molecule has 0 bridgehead atoms. The highest BCUT2D eigenvalue weighted by molar-refractivity contribution is 6.09. The number of ketones is 1. The van der Waals surface area contributed by atoms with Crippen LogP contribution in [0, 0.1) is 6.92 Å². The van der Waals surface area contributed by atoms with Crippen molar-refractivity contribution in [1.29, 1.82) is 0 Å². The first-order valence-corrected chi connectivity index (χ1v) is 9.01. The molecule has 0 aliphatic heterocycles. The number of aromatic amines is 1. The topological polar surface area (TPSA) is 76.5 Å². The van der Waals surface area contributed by atoms with E-state index in [0.717, 1.165) is 22.2 Å². The number of aromatic nitrogens is 5. The number of fused-ring (bicyclic) bond motifs is 1. The number of hydrogen-bond acceptors (Lipinski definition) is 4. The number of nitrogens with one attached hydrogen (secondary N) is 1. The Morgan fingerprint density at radius 1 is 1.11 bits per heavy atom. The molecule has 0 saturated carbocycles. The molecule has 2 aromatic carbocycles. The van der Waals surface area contributed by atoms with E-state index in [4.69, 9.17) is 0 Å². The quantitative estimate of drug-likeness (QED) is 0.543. The predicted octanol–water partition coefficient (Wildman–Crippen LogP) is 4.14. The molecule has 0 amide bonds. The average molecular weight is 359 g/mol. The number of aryl methyl sites for hydroxylation is 1. The molecule has 1 N–H and O–H groups in total. The van der Waals surface area contributed by atoms with E-state index in [1.54, 1.807) is 0 Å². The second-order valence-electron chi connectivity index (χ2n) is 7.01. The second kappa shape index (κ2) is 6.79. The van der Waals surface area contributed by atoms with Gasteiger partial charge in [0.25, 0.3) is 0 Å². The van der Waals surface area contributed by atoms with Gasteiger partial charge < -0.3 is 4.98 Å². The van der Waals surface area contributed by atoms with E-state index in [0.29, 0.717) is 17.3 Å². The lowest BCUT2D eigenvalue weighted by Crippen LogP contribution is -2.14. The molecule has 0 atom stereocenters. The molecule has 0 spiro atoms. The Morgan fingerprint density at radius 2 is 1.85 bits per heavy atom. The van der Waals surface area contributed by atoms with E-state index in [2.05, 4.69) is 46.4 Å². The Balaban J connectivity index is 1.57. The van der Waals surface area contributed by atoms with Gasteiger partial charge in [-0.15, -0.1) is 10.2 Å². The Morgan fingerprint density at radius 3 is 2.59 bits per heavy atom. The van der Waals surface area contributed by atoms with Crippen LogP contribution in [0.5, 0.6) is 0 Å². The Hall–Kier alpha value is -3.28. The van der Waals surface area contributed by atoms with Crippen LogP contribution in [0.25, 0.3) is 22.3 Å². The first-order chi connectivity index (χ1) is 13.0. The highest BCUT2D eigenvalue weighted by Gasteiger charge is 2.17. The zero-order valence-electron chi connectivity index (χ0n) is 15.6. The maximum atomic E-state index is 12.8. The lowest BCUT2D eigenvalue weighted by Gasteiger charge is -2.04. The minimum Gasteiger partial charge on any atom is -0.358 e. The first kappa shape index (κ1) is 17.1. The van der Waals surface area contributed by atoms with Crippen molar-refractivity contribution in [2.75, 3.05) is 0 Å². The van der Waals surface area contributed by atoms with Crippen LogP contribution in [-0.2, 0) is 6.54 Å². The van der Waals surface area contributed by atoms with Crippen molar-refractivity contribution in [2.45, 2.75) is 33.2 Å². The monoisotopic (exact) mass is 359 g/mol. The molecular weight excluding hydrogens is 338 g/mol. The van der Waals surface area contributed by atoms with Gasteiger partial charge in [-0.1, -0.05) is 56.3 Å². The number of nitrogens with zero attached hydrogens (tertiary/aromatic N) is 4. The molecule has 6 heteroatoms. The van der Waals surface area contributed by atoms with Gasteiger partial charge in [0.2, 0.25) is 5.82 Å². The summed E-state index contributed by atoms with van der Waals surface area (Å²) in [5.41, 5.74) is 4.64. The van der Waals surface area contributed by atoms with Crippen molar-refractivity contribution in [3.05, 3.63) is 65.4 Å². The summed E-state index contributed by atoms with van der Waals surface area (Å²) < 4.78 is 0. The fourth-order valence-corrected chi connectivity index (χ4v) is 3.29.